The van der Waals surface area contributed by atoms with E-state index in [1.165, 1.54) is 11.3 Å². The van der Waals surface area contributed by atoms with Crippen LogP contribution in [0.1, 0.15) is 19.5 Å². The number of carbonyl (C=O) groups is 1. The van der Waals surface area contributed by atoms with Crippen LogP contribution in [0.15, 0.2) is 5.38 Å². The fourth-order valence-electron chi connectivity index (χ4n) is 1.37. The molecule has 0 aliphatic rings. The summed E-state index contributed by atoms with van der Waals surface area (Å²) in [6.45, 7) is 5.18. The van der Waals surface area contributed by atoms with Crippen LogP contribution in [-0.2, 0) is 20.7 Å². The lowest BCUT2D eigenvalue weighted by atomic mass is 10.3. The van der Waals surface area contributed by atoms with Gasteiger partial charge in [0, 0.05) is 18.6 Å². The Hall–Kier alpha value is -1.18. The van der Waals surface area contributed by atoms with Crippen LogP contribution in [0, 0.1) is 0 Å². The Morgan fingerprint density at radius 1 is 1.50 bits per heavy atom. The predicted molar refractivity (Wildman–Crippen MR) is 70.3 cm³/mol. The van der Waals surface area contributed by atoms with Crippen LogP contribution in [0.4, 0.5) is 5.13 Å². The molecule has 0 saturated heterocycles. The number of aromatic nitrogens is 1. The van der Waals surface area contributed by atoms with E-state index in [2.05, 4.69) is 10.3 Å². The fourth-order valence-corrected chi connectivity index (χ4v) is 1.93. The van der Waals surface area contributed by atoms with Crippen LogP contribution in [0.25, 0.3) is 0 Å². The Balaban J connectivity index is 2.30. The van der Waals surface area contributed by atoms with Crippen molar-refractivity contribution < 1.29 is 14.3 Å². The van der Waals surface area contributed by atoms with Crippen LogP contribution in [0.5, 0.6) is 0 Å². The van der Waals surface area contributed by atoms with Crippen LogP contribution in [-0.4, -0.2) is 36.9 Å². The number of amides is 1. The van der Waals surface area contributed by atoms with Gasteiger partial charge in [0.1, 0.15) is 0 Å². The minimum Gasteiger partial charge on any atom is -0.375 e. The molecule has 0 spiro atoms. The van der Waals surface area contributed by atoms with Gasteiger partial charge in [-0.05, 0) is 13.8 Å². The number of nitrogens with two attached hydrogens (primary N) is 1. The minimum atomic E-state index is -0.399. The van der Waals surface area contributed by atoms with Gasteiger partial charge in [-0.2, -0.15) is 0 Å². The summed E-state index contributed by atoms with van der Waals surface area (Å²) in [5.74, 6) is -0.121. The lowest BCUT2D eigenvalue weighted by Gasteiger charge is -2.17. The molecule has 6 nitrogen and oxygen atoms in total. The van der Waals surface area contributed by atoms with Gasteiger partial charge in [-0.15, -0.1) is 11.3 Å². The second-order valence-electron chi connectivity index (χ2n) is 3.50. The van der Waals surface area contributed by atoms with Crippen LogP contribution < -0.4 is 11.1 Å². The zero-order valence-corrected chi connectivity index (χ0v) is 11.5. The fraction of sp³-hybridized carbons (Fsp3) is 0.636. The van der Waals surface area contributed by atoms with E-state index in [-0.39, 0.29) is 12.3 Å². The number of nitrogens with one attached hydrogen (secondary N) is 1. The molecule has 0 aromatic carbocycles. The van der Waals surface area contributed by atoms with E-state index in [1.807, 2.05) is 13.8 Å². The summed E-state index contributed by atoms with van der Waals surface area (Å²) in [7, 11) is 0. The number of carbonyl (C=O) groups excluding carboxylic acids is 1. The standard InChI is InChI=1S/C11H19N3O3S/c1-3-16-10(17-4-2)6-13-9(15)5-8-7-18-11(12)14-8/h7,10H,3-6H2,1-2H3,(H2,12,14)(H,13,15). The van der Waals surface area contributed by atoms with Gasteiger partial charge in [0.15, 0.2) is 11.4 Å². The van der Waals surface area contributed by atoms with Crippen LogP contribution >= 0.6 is 11.3 Å². The largest absolute Gasteiger partial charge is 0.375 e. The summed E-state index contributed by atoms with van der Waals surface area (Å²) in [5, 5.41) is 4.99. The van der Waals surface area contributed by atoms with Gasteiger partial charge in [0.2, 0.25) is 5.91 Å². The van der Waals surface area contributed by atoms with Crippen molar-refractivity contribution in [2.45, 2.75) is 26.6 Å². The van der Waals surface area contributed by atoms with Crippen molar-refractivity contribution in [3.05, 3.63) is 11.1 Å². The molecular weight excluding hydrogens is 254 g/mol. The second kappa shape index (κ2) is 8.02. The number of nitrogen functional groups attached to an aromatic ring is 1. The van der Waals surface area contributed by atoms with Crippen molar-refractivity contribution in [2.24, 2.45) is 0 Å². The minimum absolute atomic E-state index is 0.121. The third kappa shape index (κ3) is 5.44. The highest BCUT2D eigenvalue weighted by atomic mass is 32.1. The molecule has 0 aliphatic carbocycles. The summed E-state index contributed by atoms with van der Waals surface area (Å²) in [5.41, 5.74) is 6.17. The van der Waals surface area contributed by atoms with Crippen molar-refractivity contribution in [1.82, 2.24) is 10.3 Å². The third-order valence-electron chi connectivity index (χ3n) is 2.08. The SMILES string of the molecule is CCOC(CNC(=O)Cc1csc(N)n1)OCC. The van der Waals surface area contributed by atoms with E-state index < -0.39 is 6.29 Å². The molecular formula is C11H19N3O3S. The van der Waals surface area contributed by atoms with Crippen molar-refractivity contribution in [1.29, 1.82) is 0 Å². The maximum absolute atomic E-state index is 11.6. The Labute approximate surface area is 110 Å². The lowest BCUT2D eigenvalue weighted by Crippen LogP contribution is -2.36. The molecule has 18 heavy (non-hydrogen) atoms. The number of thiazole rings is 1. The van der Waals surface area contributed by atoms with Crippen molar-refractivity contribution in [3.63, 3.8) is 0 Å². The number of ether oxygens (including phenoxy) is 2. The predicted octanol–water partition coefficient (Wildman–Crippen LogP) is 0.783. The first-order valence-corrected chi connectivity index (χ1v) is 6.73. The zero-order chi connectivity index (χ0) is 13.4. The molecule has 102 valence electrons. The molecule has 1 aromatic rings. The highest BCUT2D eigenvalue weighted by molar-refractivity contribution is 7.13. The molecule has 1 aromatic heterocycles. The molecule has 7 heteroatoms. The number of nitrogens with zero attached hydrogens (tertiary/aromatic N) is 1. The summed E-state index contributed by atoms with van der Waals surface area (Å²) in [6, 6.07) is 0. The van der Waals surface area contributed by atoms with Crippen molar-refractivity contribution in [3.8, 4) is 0 Å². The molecule has 0 radical (unpaired) electrons. The van der Waals surface area contributed by atoms with Crippen LogP contribution in [0.2, 0.25) is 0 Å². The molecule has 0 aliphatic heterocycles. The van der Waals surface area contributed by atoms with Gasteiger partial charge >= 0.3 is 0 Å². The molecule has 3 N–H and O–H groups in total. The van der Waals surface area contributed by atoms with Gasteiger partial charge in [-0.3, -0.25) is 4.79 Å². The van der Waals surface area contributed by atoms with Gasteiger partial charge in [0.25, 0.3) is 0 Å². The maximum Gasteiger partial charge on any atom is 0.226 e. The second-order valence-corrected chi connectivity index (χ2v) is 4.39. The molecule has 0 fully saturated rings. The van der Waals surface area contributed by atoms with Gasteiger partial charge in [0.05, 0.1) is 18.7 Å². The number of anilines is 1. The molecule has 0 saturated carbocycles. The summed E-state index contributed by atoms with van der Waals surface area (Å²) < 4.78 is 10.6. The molecule has 1 amide bonds. The van der Waals surface area contributed by atoms with E-state index in [4.69, 9.17) is 15.2 Å². The number of rotatable bonds is 8. The average molecular weight is 273 g/mol. The van der Waals surface area contributed by atoms with Crippen LogP contribution in [0.3, 0.4) is 0 Å². The van der Waals surface area contributed by atoms with Gasteiger partial charge < -0.3 is 20.5 Å². The molecule has 0 atom stereocenters. The Kier molecular flexibility index (Phi) is 6.63. The topological polar surface area (TPSA) is 86.5 Å². The number of hydrogen-bond donors (Lipinski definition) is 2. The van der Waals surface area contributed by atoms with E-state index in [9.17, 15) is 4.79 Å². The highest BCUT2D eigenvalue weighted by Crippen LogP contribution is 2.11. The quantitative estimate of drug-likeness (QED) is 0.684. The smallest absolute Gasteiger partial charge is 0.226 e. The molecule has 0 unspecified atom stereocenters. The van der Waals surface area contributed by atoms with E-state index in [0.29, 0.717) is 30.6 Å². The Morgan fingerprint density at radius 2 is 2.17 bits per heavy atom. The van der Waals surface area contributed by atoms with Gasteiger partial charge in [-0.25, -0.2) is 4.98 Å². The number of hydrogen-bond acceptors (Lipinski definition) is 6. The maximum atomic E-state index is 11.6. The van der Waals surface area contributed by atoms with Crippen molar-refractivity contribution >= 4 is 22.4 Å². The average Bonchev–Trinajstić information content (AvgIpc) is 2.72. The van der Waals surface area contributed by atoms with Gasteiger partial charge in [-0.1, -0.05) is 0 Å². The lowest BCUT2D eigenvalue weighted by molar-refractivity contribution is -0.140. The monoisotopic (exact) mass is 273 g/mol. The first-order chi connectivity index (χ1) is 8.65. The van der Waals surface area contributed by atoms with E-state index >= 15 is 0 Å². The Morgan fingerprint density at radius 3 is 2.67 bits per heavy atom. The first kappa shape index (κ1) is 14.9. The summed E-state index contributed by atoms with van der Waals surface area (Å²) >= 11 is 1.32. The van der Waals surface area contributed by atoms with E-state index in [1.54, 1.807) is 5.38 Å². The first-order valence-electron chi connectivity index (χ1n) is 5.85. The van der Waals surface area contributed by atoms with Crippen molar-refractivity contribution in [2.75, 3.05) is 25.5 Å². The Bertz CT molecular complexity index is 364. The molecule has 0 bridgehead atoms. The highest BCUT2D eigenvalue weighted by Gasteiger charge is 2.11. The zero-order valence-electron chi connectivity index (χ0n) is 10.6. The summed E-state index contributed by atoms with van der Waals surface area (Å²) in [6.07, 6.45) is -0.178. The summed E-state index contributed by atoms with van der Waals surface area (Å²) in [4.78, 5) is 15.7. The molecule has 1 heterocycles. The normalized spacial score (nSPS) is 10.8. The third-order valence-corrected chi connectivity index (χ3v) is 2.80. The molecule has 1 rings (SSSR count). The van der Waals surface area contributed by atoms with E-state index in [0.717, 1.165) is 0 Å².